The molecule has 136 valence electrons. The summed E-state index contributed by atoms with van der Waals surface area (Å²) in [5.74, 6) is 0.119. The number of rotatable bonds is 5. The van der Waals surface area contributed by atoms with E-state index in [1.807, 2.05) is 48.2 Å². The minimum absolute atomic E-state index is 0.119. The Kier molecular flexibility index (Phi) is 4.94. The fraction of sp³-hybridized carbons (Fsp3) is 0.409. The molecular formula is C22H26N2O2. The molecule has 0 saturated heterocycles. The Morgan fingerprint density at radius 2 is 1.88 bits per heavy atom. The maximum absolute atomic E-state index is 12.9. The lowest BCUT2D eigenvalue weighted by Gasteiger charge is -2.39. The zero-order valence-electron chi connectivity index (χ0n) is 16.0. The first-order valence-corrected chi connectivity index (χ1v) is 9.21. The van der Waals surface area contributed by atoms with Crippen molar-refractivity contribution in [2.24, 2.45) is 5.18 Å². The van der Waals surface area contributed by atoms with Gasteiger partial charge in [0.25, 0.3) is 0 Å². The molecule has 0 saturated carbocycles. The predicted molar refractivity (Wildman–Crippen MR) is 105 cm³/mol. The molecule has 0 N–H and O–H groups in total. The van der Waals surface area contributed by atoms with Crippen molar-refractivity contribution in [3.05, 3.63) is 69.6 Å². The van der Waals surface area contributed by atoms with Crippen LogP contribution in [0.2, 0.25) is 0 Å². The van der Waals surface area contributed by atoms with Gasteiger partial charge in [0.15, 0.2) is 0 Å². The van der Waals surface area contributed by atoms with Crippen LogP contribution in [0.3, 0.4) is 0 Å². The van der Waals surface area contributed by atoms with Crippen molar-refractivity contribution >= 4 is 11.6 Å². The number of aryl methyl sites for hydroxylation is 1. The van der Waals surface area contributed by atoms with Crippen molar-refractivity contribution in [1.29, 1.82) is 0 Å². The molecule has 0 radical (unpaired) electrons. The van der Waals surface area contributed by atoms with E-state index >= 15 is 0 Å². The Balaban J connectivity index is 2.15. The third-order valence-corrected chi connectivity index (χ3v) is 5.34. The number of carbonyl (C=O) groups excluding carboxylic acids is 1. The Morgan fingerprint density at radius 1 is 1.19 bits per heavy atom. The van der Waals surface area contributed by atoms with Gasteiger partial charge in [0, 0.05) is 17.5 Å². The van der Waals surface area contributed by atoms with E-state index in [0.717, 1.165) is 28.8 Å². The van der Waals surface area contributed by atoms with Gasteiger partial charge in [-0.05, 0) is 41.7 Å². The summed E-state index contributed by atoms with van der Waals surface area (Å²) in [7, 11) is 0. The Hall–Kier alpha value is -2.49. The van der Waals surface area contributed by atoms with Gasteiger partial charge in [-0.15, -0.1) is 0 Å². The Labute approximate surface area is 155 Å². The number of hydrogen-bond donors (Lipinski definition) is 0. The standard InChI is InChI=1S/C22H26N2O2/c1-5-17-11-19-20(12-18(17)15(2)23-26)24(21(25)13-22(19,3)4)14-16-9-7-6-8-10-16/h6-12,15H,5,13-14H2,1-4H3. The minimum Gasteiger partial charge on any atom is -0.308 e. The van der Waals surface area contributed by atoms with Crippen LogP contribution in [0.4, 0.5) is 5.69 Å². The second kappa shape index (κ2) is 7.02. The summed E-state index contributed by atoms with van der Waals surface area (Å²) < 4.78 is 0. The number of amides is 1. The van der Waals surface area contributed by atoms with Crippen molar-refractivity contribution in [3.63, 3.8) is 0 Å². The lowest BCUT2D eigenvalue weighted by molar-refractivity contribution is -0.120. The first-order chi connectivity index (χ1) is 12.4. The van der Waals surface area contributed by atoms with Gasteiger partial charge in [0.05, 0.1) is 6.54 Å². The molecule has 4 heteroatoms. The summed E-state index contributed by atoms with van der Waals surface area (Å²) in [5, 5.41) is 3.23. The molecule has 1 atom stereocenters. The van der Waals surface area contributed by atoms with Crippen LogP contribution in [-0.2, 0) is 23.2 Å². The highest BCUT2D eigenvalue weighted by molar-refractivity contribution is 5.98. The molecule has 0 aromatic heterocycles. The van der Waals surface area contributed by atoms with E-state index < -0.39 is 6.04 Å². The molecule has 4 nitrogen and oxygen atoms in total. The van der Waals surface area contributed by atoms with E-state index in [0.29, 0.717) is 13.0 Å². The summed E-state index contributed by atoms with van der Waals surface area (Å²) >= 11 is 0. The molecule has 3 rings (SSSR count). The average molecular weight is 350 g/mol. The number of carbonyl (C=O) groups is 1. The van der Waals surface area contributed by atoms with Crippen LogP contribution in [-0.4, -0.2) is 5.91 Å². The monoisotopic (exact) mass is 350 g/mol. The number of anilines is 1. The van der Waals surface area contributed by atoms with Crippen LogP contribution in [0, 0.1) is 4.91 Å². The molecule has 2 aromatic carbocycles. The topological polar surface area (TPSA) is 49.7 Å². The van der Waals surface area contributed by atoms with Crippen LogP contribution in [0.15, 0.2) is 47.6 Å². The van der Waals surface area contributed by atoms with Crippen molar-refractivity contribution in [2.45, 2.75) is 58.5 Å². The molecule has 0 bridgehead atoms. The molecule has 0 fully saturated rings. The van der Waals surface area contributed by atoms with Crippen LogP contribution in [0.25, 0.3) is 0 Å². The van der Waals surface area contributed by atoms with Crippen LogP contribution in [0.1, 0.15) is 62.4 Å². The van der Waals surface area contributed by atoms with Gasteiger partial charge in [-0.25, -0.2) is 0 Å². The first kappa shape index (κ1) is 18.3. The fourth-order valence-electron chi connectivity index (χ4n) is 3.81. The molecule has 26 heavy (non-hydrogen) atoms. The lowest BCUT2D eigenvalue weighted by Crippen LogP contribution is -2.41. The lowest BCUT2D eigenvalue weighted by atomic mass is 9.75. The Morgan fingerprint density at radius 3 is 2.50 bits per heavy atom. The second-order valence-corrected chi connectivity index (χ2v) is 7.73. The first-order valence-electron chi connectivity index (χ1n) is 9.21. The van der Waals surface area contributed by atoms with E-state index in [-0.39, 0.29) is 11.3 Å². The molecule has 1 unspecified atom stereocenters. The number of hydrogen-bond acceptors (Lipinski definition) is 3. The molecule has 1 amide bonds. The van der Waals surface area contributed by atoms with Crippen LogP contribution < -0.4 is 4.90 Å². The van der Waals surface area contributed by atoms with Gasteiger partial charge in [-0.2, -0.15) is 4.91 Å². The largest absolute Gasteiger partial charge is 0.308 e. The summed E-state index contributed by atoms with van der Waals surface area (Å²) in [5.41, 5.74) is 5.02. The predicted octanol–water partition coefficient (Wildman–Crippen LogP) is 5.29. The van der Waals surface area contributed by atoms with Crippen molar-refractivity contribution < 1.29 is 4.79 Å². The van der Waals surface area contributed by atoms with Crippen molar-refractivity contribution in [2.75, 3.05) is 4.90 Å². The van der Waals surface area contributed by atoms with Crippen LogP contribution in [0.5, 0.6) is 0 Å². The van der Waals surface area contributed by atoms with E-state index in [1.165, 1.54) is 5.56 Å². The van der Waals surface area contributed by atoms with E-state index in [2.05, 4.69) is 32.0 Å². The smallest absolute Gasteiger partial charge is 0.228 e. The Bertz CT molecular complexity index is 828. The van der Waals surface area contributed by atoms with Gasteiger partial charge < -0.3 is 4.90 Å². The maximum atomic E-state index is 12.9. The third kappa shape index (κ3) is 3.28. The highest BCUT2D eigenvalue weighted by Crippen LogP contribution is 2.43. The van der Waals surface area contributed by atoms with Gasteiger partial charge >= 0.3 is 0 Å². The quantitative estimate of drug-likeness (QED) is 0.688. The van der Waals surface area contributed by atoms with Gasteiger partial charge in [-0.1, -0.05) is 62.3 Å². The number of benzene rings is 2. The second-order valence-electron chi connectivity index (χ2n) is 7.73. The maximum Gasteiger partial charge on any atom is 0.228 e. The summed E-state index contributed by atoms with van der Waals surface area (Å²) in [4.78, 5) is 26.0. The summed E-state index contributed by atoms with van der Waals surface area (Å²) in [6.45, 7) is 8.67. The minimum atomic E-state index is -0.422. The highest BCUT2D eigenvalue weighted by atomic mass is 16.3. The summed E-state index contributed by atoms with van der Waals surface area (Å²) in [6, 6.07) is 13.8. The van der Waals surface area contributed by atoms with Crippen molar-refractivity contribution in [3.8, 4) is 0 Å². The molecule has 0 spiro atoms. The van der Waals surface area contributed by atoms with Crippen molar-refractivity contribution in [1.82, 2.24) is 0 Å². The van der Waals surface area contributed by atoms with E-state index in [1.54, 1.807) is 0 Å². The van der Waals surface area contributed by atoms with Gasteiger partial charge in [-0.3, -0.25) is 4.79 Å². The normalized spacial score (nSPS) is 16.9. The SMILES string of the molecule is CCc1cc2c(cc1C(C)N=O)N(Cc1ccccc1)C(=O)CC2(C)C. The zero-order chi connectivity index (χ0) is 18.9. The molecular weight excluding hydrogens is 324 g/mol. The average Bonchev–Trinajstić information content (AvgIpc) is 2.64. The van der Waals surface area contributed by atoms with E-state index in [4.69, 9.17) is 0 Å². The van der Waals surface area contributed by atoms with E-state index in [9.17, 15) is 9.70 Å². The molecule has 1 aliphatic rings. The fourth-order valence-corrected chi connectivity index (χ4v) is 3.81. The number of fused-ring (bicyclic) bond motifs is 1. The highest BCUT2D eigenvalue weighted by Gasteiger charge is 2.37. The molecule has 1 heterocycles. The van der Waals surface area contributed by atoms with Gasteiger partial charge in [0.1, 0.15) is 6.04 Å². The molecule has 2 aromatic rings. The number of nitroso groups, excluding NO2 is 1. The summed E-state index contributed by atoms with van der Waals surface area (Å²) in [6.07, 6.45) is 1.32. The zero-order valence-corrected chi connectivity index (χ0v) is 16.0. The third-order valence-electron chi connectivity index (χ3n) is 5.34. The van der Waals surface area contributed by atoms with Gasteiger partial charge in [0.2, 0.25) is 5.91 Å². The molecule has 0 aliphatic carbocycles. The van der Waals surface area contributed by atoms with Crippen LogP contribution >= 0.6 is 0 Å². The molecule has 1 aliphatic heterocycles. The number of nitrogens with zero attached hydrogens (tertiary/aromatic N) is 2.